The standard InChI is InChI=1S/C37H41F3N8O4/c38-37(39,40)27-3-1-2-26(19-27)34(51)44-35-42-31-18-25(6-11-32(31)48(35)29-8-4-24(23-49)5-9-29)21-45-14-16-46(17-15-45)22-28-7-10-30(20-41-28)47-13-12-33(50)43-36(47)52/h1-3,6-7,10-11,18-20,24,29,49H,4-5,8-9,12-17,21-23H2,(H,42,44,51)(H,43,50,52). The Bertz CT molecular complexity index is 1930. The summed E-state index contributed by atoms with van der Waals surface area (Å²) in [6, 6.07) is 13.8. The zero-order valence-corrected chi connectivity index (χ0v) is 28.6. The van der Waals surface area contributed by atoms with Crippen LogP contribution in [0.1, 0.15) is 65.3 Å². The first-order valence-corrected chi connectivity index (χ1v) is 17.7. The van der Waals surface area contributed by atoms with Crippen LogP contribution in [0.4, 0.5) is 29.6 Å². The van der Waals surface area contributed by atoms with E-state index in [1.165, 1.54) is 17.0 Å². The lowest BCUT2D eigenvalue weighted by molar-refractivity contribution is -0.137. The largest absolute Gasteiger partial charge is 0.416 e. The number of amides is 4. The molecule has 2 saturated heterocycles. The highest BCUT2D eigenvalue weighted by Crippen LogP contribution is 2.37. The lowest BCUT2D eigenvalue weighted by Crippen LogP contribution is -2.49. The highest BCUT2D eigenvalue weighted by molar-refractivity contribution is 6.05. The van der Waals surface area contributed by atoms with Crippen LogP contribution in [0.3, 0.4) is 0 Å². The molecule has 3 N–H and O–H groups in total. The number of fused-ring (bicyclic) bond motifs is 1. The zero-order valence-electron chi connectivity index (χ0n) is 28.6. The lowest BCUT2D eigenvalue weighted by Gasteiger charge is -2.34. The number of piperazine rings is 1. The first-order chi connectivity index (χ1) is 25.0. The third kappa shape index (κ3) is 7.96. The van der Waals surface area contributed by atoms with Crippen LogP contribution >= 0.6 is 0 Å². The number of halogens is 3. The van der Waals surface area contributed by atoms with Gasteiger partial charge >= 0.3 is 12.2 Å². The van der Waals surface area contributed by atoms with Gasteiger partial charge in [0.2, 0.25) is 11.9 Å². The van der Waals surface area contributed by atoms with Crippen molar-refractivity contribution in [1.82, 2.24) is 29.7 Å². The van der Waals surface area contributed by atoms with Crippen molar-refractivity contribution < 1.29 is 32.7 Å². The number of rotatable bonds is 9. The molecule has 15 heteroatoms. The van der Waals surface area contributed by atoms with Gasteiger partial charge in [0, 0.05) is 70.4 Å². The van der Waals surface area contributed by atoms with E-state index < -0.39 is 23.7 Å². The van der Waals surface area contributed by atoms with Crippen molar-refractivity contribution in [3.63, 3.8) is 0 Å². The first kappa shape index (κ1) is 35.5. The van der Waals surface area contributed by atoms with Gasteiger partial charge in [0.25, 0.3) is 5.91 Å². The second-order valence-corrected chi connectivity index (χ2v) is 13.8. The molecule has 2 aromatic carbocycles. The maximum absolute atomic E-state index is 13.4. The van der Waals surface area contributed by atoms with E-state index in [-0.39, 0.29) is 36.5 Å². The fraction of sp³-hybridized carbons (Fsp3) is 0.432. The topological polar surface area (TPSA) is 136 Å². The highest BCUT2D eigenvalue weighted by Gasteiger charge is 2.32. The Balaban J connectivity index is 1.01. The van der Waals surface area contributed by atoms with Gasteiger partial charge in [-0.1, -0.05) is 12.1 Å². The number of imide groups is 1. The van der Waals surface area contributed by atoms with Gasteiger partial charge < -0.3 is 9.67 Å². The van der Waals surface area contributed by atoms with Gasteiger partial charge in [-0.05, 0) is 79.6 Å². The number of pyridine rings is 1. The number of carbonyl (C=O) groups is 3. The summed E-state index contributed by atoms with van der Waals surface area (Å²) in [5.41, 5.74) is 3.15. The van der Waals surface area contributed by atoms with Crippen molar-refractivity contribution in [3.8, 4) is 0 Å². The van der Waals surface area contributed by atoms with Crippen LogP contribution < -0.4 is 15.5 Å². The van der Waals surface area contributed by atoms with Crippen LogP contribution in [0, 0.1) is 5.92 Å². The van der Waals surface area contributed by atoms with E-state index >= 15 is 0 Å². The van der Waals surface area contributed by atoms with Gasteiger partial charge in [-0.15, -0.1) is 0 Å². The summed E-state index contributed by atoms with van der Waals surface area (Å²) in [7, 11) is 0. The fourth-order valence-electron chi connectivity index (χ4n) is 7.37. The van der Waals surface area contributed by atoms with Crippen LogP contribution in [-0.4, -0.2) is 86.6 Å². The average Bonchev–Trinajstić information content (AvgIpc) is 3.49. The van der Waals surface area contributed by atoms with Crippen molar-refractivity contribution in [2.45, 2.75) is 57.4 Å². The molecule has 0 unspecified atom stereocenters. The zero-order chi connectivity index (χ0) is 36.4. The number of hydrogen-bond donors (Lipinski definition) is 3. The summed E-state index contributed by atoms with van der Waals surface area (Å²) in [4.78, 5) is 52.5. The first-order valence-electron chi connectivity index (χ1n) is 17.7. The molecule has 3 fully saturated rings. The van der Waals surface area contributed by atoms with Crippen LogP contribution in [0.2, 0.25) is 0 Å². The van der Waals surface area contributed by atoms with Crippen LogP contribution in [0.5, 0.6) is 0 Å². The van der Waals surface area contributed by atoms with Crippen molar-refractivity contribution in [3.05, 3.63) is 83.2 Å². The minimum Gasteiger partial charge on any atom is -0.396 e. The SMILES string of the molecule is O=C1CCN(c2ccc(CN3CCN(Cc4ccc5c(c4)nc(NC(=O)c4cccc(C(F)(F)F)c4)n5C4CCC(CO)CC4)CC3)nc2)C(=O)N1. The quantitative estimate of drug-likeness (QED) is 0.215. The van der Waals surface area contributed by atoms with Crippen LogP contribution in [-0.2, 0) is 24.1 Å². The third-order valence-electron chi connectivity index (χ3n) is 10.3. The second-order valence-electron chi connectivity index (χ2n) is 13.8. The average molecular weight is 719 g/mol. The van der Waals surface area contributed by atoms with Gasteiger partial charge in [-0.25, -0.2) is 9.78 Å². The number of hydrogen-bond acceptors (Lipinski definition) is 8. The molecule has 0 spiro atoms. The summed E-state index contributed by atoms with van der Waals surface area (Å²) < 4.78 is 42.1. The van der Waals surface area contributed by atoms with Crippen molar-refractivity contribution in [1.29, 1.82) is 0 Å². The van der Waals surface area contributed by atoms with Crippen molar-refractivity contribution in [2.75, 3.05) is 49.5 Å². The number of nitrogens with one attached hydrogen (secondary N) is 2. The number of carbonyl (C=O) groups excluding carboxylic acids is 3. The Hall–Kier alpha value is -4.86. The highest BCUT2D eigenvalue weighted by atomic mass is 19.4. The van der Waals surface area contributed by atoms with E-state index in [1.807, 2.05) is 28.8 Å². The number of aromatic nitrogens is 3. The molecule has 12 nitrogen and oxygen atoms in total. The molecule has 274 valence electrons. The van der Waals surface area contributed by atoms with Crippen LogP contribution in [0.25, 0.3) is 11.0 Å². The van der Waals surface area contributed by atoms with Gasteiger partial charge in [0.15, 0.2) is 0 Å². The van der Waals surface area contributed by atoms with E-state index in [1.54, 1.807) is 6.20 Å². The number of aliphatic hydroxyl groups excluding tert-OH is 1. The molecule has 52 heavy (non-hydrogen) atoms. The normalized spacial score (nSPS) is 20.7. The Kier molecular flexibility index (Phi) is 10.3. The van der Waals surface area contributed by atoms with Gasteiger partial charge in [0.1, 0.15) is 0 Å². The minimum absolute atomic E-state index is 0.0178. The second kappa shape index (κ2) is 15.0. The van der Waals surface area contributed by atoms with Crippen molar-refractivity contribution in [2.24, 2.45) is 5.92 Å². The Labute approximate surface area is 298 Å². The number of imidazole rings is 1. The molecule has 0 atom stereocenters. The molecule has 7 rings (SSSR count). The lowest BCUT2D eigenvalue weighted by atomic mass is 9.86. The number of alkyl halides is 3. The Morgan fingerprint density at radius 2 is 1.67 bits per heavy atom. The summed E-state index contributed by atoms with van der Waals surface area (Å²) in [5, 5.41) is 14.8. The van der Waals surface area contributed by atoms with E-state index in [4.69, 9.17) is 4.98 Å². The molecule has 4 amide bonds. The summed E-state index contributed by atoms with van der Waals surface area (Å²) >= 11 is 0. The van der Waals surface area contributed by atoms with Gasteiger partial charge in [-0.2, -0.15) is 13.2 Å². The summed E-state index contributed by atoms with van der Waals surface area (Å²) in [6.45, 7) is 5.23. The number of nitrogens with zero attached hydrogens (tertiary/aromatic N) is 6. The van der Waals surface area contributed by atoms with Crippen LogP contribution in [0.15, 0.2) is 60.8 Å². The van der Waals surface area contributed by atoms with Crippen molar-refractivity contribution >= 4 is 40.5 Å². The molecule has 1 aliphatic carbocycles. The molecule has 0 bridgehead atoms. The van der Waals surface area contributed by atoms with Gasteiger partial charge in [0.05, 0.1) is 34.2 Å². The molecule has 4 heterocycles. The molecule has 1 saturated carbocycles. The van der Waals surface area contributed by atoms with E-state index in [0.29, 0.717) is 36.8 Å². The molecule has 2 aliphatic heterocycles. The van der Waals surface area contributed by atoms with E-state index in [9.17, 15) is 32.7 Å². The minimum atomic E-state index is -4.57. The molecular formula is C37H41F3N8O4. The maximum Gasteiger partial charge on any atom is 0.416 e. The van der Waals surface area contributed by atoms with E-state index in [2.05, 4.69) is 31.5 Å². The molecule has 4 aromatic rings. The predicted octanol–water partition coefficient (Wildman–Crippen LogP) is 5.19. The molecule has 0 radical (unpaired) electrons. The monoisotopic (exact) mass is 718 g/mol. The molecule has 2 aromatic heterocycles. The maximum atomic E-state index is 13.4. The van der Waals surface area contributed by atoms with Gasteiger partial charge in [-0.3, -0.25) is 39.9 Å². The number of urea groups is 1. The Morgan fingerprint density at radius 1 is 0.923 bits per heavy atom. The Morgan fingerprint density at radius 3 is 2.35 bits per heavy atom. The predicted molar refractivity (Wildman–Crippen MR) is 188 cm³/mol. The third-order valence-corrected chi connectivity index (χ3v) is 10.3. The number of benzene rings is 2. The molecular weight excluding hydrogens is 677 g/mol. The van der Waals surface area contributed by atoms with E-state index in [0.717, 1.165) is 80.8 Å². The molecule has 3 aliphatic rings. The summed E-state index contributed by atoms with van der Waals surface area (Å²) in [5.74, 6) is -0.417. The smallest absolute Gasteiger partial charge is 0.396 e. The number of anilines is 2. The number of aliphatic hydroxyl groups is 1. The fourth-order valence-corrected chi connectivity index (χ4v) is 7.37. The summed E-state index contributed by atoms with van der Waals surface area (Å²) in [6.07, 6.45) is 0.579.